The van der Waals surface area contributed by atoms with Crippen molar-refractivity contribution in [3.8, 4) is 0 Å². The van der Waals surface area contributed by atoms with Crippen LogP contribution in [0.15, 0.2) is 17.3 Å². The number of rotatable bonds is 3. The Hall–Kier alpha value is -1.32. The topological polar surface area (TPSA) is 41.9 Å². The van der Waals surface area contributed by atoms with E-state index in [9.17, 15) is 4.79 Å². The van der Waals surface area contributed by atoms with Crippen LogP contribution in [0.1, 0.15) is 26.7 Å². The molecule has 0 unspecified atom stereocenters. The van der Waals surface area contributed by atoms with E-state index in [0.29, 0.717) is 6.54 Å². The van der Waals surface area contributed by atoms with Crippen LogP contribution in [0.5, 0.6) is 0 Å². The fourth-order valence-electron chi connectivity index (χ4n) is 1.30. The highest BCUT2D eigenvalue weighted by Gasteiger charge is 2.14. The number of amides is 1. The molecule has 0 radical (unpaired) electrons. The van der Waals surface area contributed by atoms with Gasteiger partial charge in [-0.3, -0.25) is 4.99 Å². The standard InChI is InChI=1S/C11H18N2O2/c1-9(2)15-11(14)13(3)8-10-6-4-5-7-12-10/h5,7,9H,4,6,8H2,1-3H3. The Bertz CT molecular complexity index is 282. The molecule has 0 saturated heterocycles. The smallest absolute Gasteiger partial charge is 0.410 e. The molecule has 1 aliphatic rings. The average molecular weight is 210 g/mol. The van der Waals surface area contributed by atoms with Crippen molar-refractivity contribution in [3.63, 3.8) is 0 Å². The molecule has 84 valence electrons. The molecule has 0 aliphatic carbocycles. The van der Waals surface area contributed by atoms with Crippen molar-refractivity contribution >= 4 is 11.8 Å². The van der Waals surface area contributed by atoms with Crippen molar-refractivity contribution in [2.75, 3.05) is 13.6 Å². The van der Waals surface area contributed by atoms with Crippen LogP contribution in [0.25, 0.3) is 0 Å². The van der Waals surface area contributed by atoms with Gasteiger partial charge >= 0.3 is 6.09 Å². The molecule has 0 bridgehead atoms. The highest BCUT2D eigenvalue weighted by atomic mass is 16.6. The van der Waals surface area contributed by atoms with Crippen LogP contribution in [-0.2, 0) is 4.74 Å². The van der Waals surface area contributed by atoms with Crippen molar-refractivity contribution in [1.82, 2.24) is 4.90 Å². The monoisotopic (exact) mass is 210 g/mol. The van der Waals surface area contributed by atoms with E-state index in [-0.39, 0.29) is 12.2 Å². The molecule has 0 saturated carbocycles. The van der Waals surface area contributed by atoms with Crippen molar-refractivity contribution in [2.24, 2.45) is 4.99 Å². The Labute approximate surface area is 90.6 Å². The third-order valence-corrected chi connectivity index (χ3v) is 2.03. The molecule has 0 spiro atoms. The highest BCUT2D eigenvalue weighted by molar-refractivity contribution is 5.89. The SMILES string of the molecule is CC(C)OC(=O)N(C)CC1=NC=CCC1. The molecular formula is C11H18N2O2. The Morgan fingerprint density at radius 2 is 2.40 bits per heavy atom. The maximum absolute atomic E-state index is 11.5. The number of nitrogens with zero attached hydrogens (tertiary/aromatic N) is 2. The Morgan fingerprint density at radius 3 is 2.93 bits per heavy atom. The normalized spacial score (nSPS) is 15.1. The van der Waals surface area contributed by atoms with Gasteiger partial charge in [-0.15, -0.1) is 0 Å². The van der Waals surface area contributed by atoms with E-state index in [1.54, 1.807) is 18.1 Å². The predicted octanol–water partition coefficient (Wildman–Crippen LogP) is 2.21. The van der Waals surface area contributed by atoms with E-state index < -0.39 is 0 Å². The summed E-state index contributed by atoms with van der Waals surface area (Å²) < 4.78 is 5.07. The molecule has 0 aromatic heterocycles. The molecule has 1 heterocycles. The molecule has 1 amide bonds. The lowest BCUT2D eigenvalue weighted by molar-refractivity contribution is 0.0878. The second-order valence-corrected chi connectivity index (χ2v) is 3.91. The molecule has 4 heteroatoms. The first-order valence-corrected chi connectivity index (χ1v) is 5.22. The quantitative estimate of drug-likeness (QED) is 0.716. The van der Waals surface area contributed by atoms with Crippen LogP contribution in [0.2, 0.25) is 0 Å². The lowest BCUT2D eigenvalue weighted by Gasteiger charge is -2.20. The number of aliphatic imine (C=N–C) groups is 1. The number of allylic oxidation sites excluding steroid dienone is 1. The van der Waals surface area contributed by atoms with Gasteiger partial charge in [0.25, 0.3) is 0 Å². The Kier molecular flexibility index (Phi) is 4.34. The van der Waals surface area contributed by atoms with Crippen molar-refractivity contribution in [2.45, 2.75) is 32.8 Å². The molecule has 1 aliphatic heterocycles. The minimum Gasteiger partial charge on any atom is -0.447 e. The van der Waals surface area contributed by atoms with Crippen LogP contribution in [0.4, 0.5) is 4.79 Å². The number of carbonyl (C=O) groups excluding carboxylic acids is 1. The first-order chi connectivity index (χ1) is 7.09. The molecule has 15 heavy (non-hydrogen) atoms. The second kappa shape index (κ2) is 5.53. The zero-order chi connectivity index (χ0) is 11.3. The number of hydrogen-bond donors (Lipinski definition) is 0. The lowest BCUT2D eigenvalue weighted by atomic mass is 10.1. The number of carbonyl (C=O) groups is 1. The van der Waals surface area contributed by atoms with Gasteiger partial charge in [0.2, 0.25) is 0 Å². The van der Waals surface area contributed by atoms with E-state index in [1.165, 1.54) is 0 Å². The van der Waals surface area contributed by atoms with E-state index in [1.807, 2.05) is 19.9 Å². The first-order valence-electron chi connectivity index (χ1n) is 5.22. The van der Waals surface area contributed by atoms with Gasteiger partial charge in [-0.1, -0.05) is 6.08 Å². The summed E-state index contributed by atoms with van der Waals surface area (Å²) in [5.41, 5.74) is 1.03. The largest absolute Gasteiger partial charge is 0.447 e. The van der Waals surface area contributed by atoms with Gasteiger partial charge in [0, 0.05) is 19.0 Å². The number of ether oxygens (including phenoxy) is 1. The average Bonchev–Trinajstić information content (AvgIpc) is 2.18. The van der Waals surface area contributed by atoms with Gasteiger partial charge in [-0.25, -0.2) is 4.79 Å². The maximum atomic E-state index is 11.5. The summed E-state index contributed by atoms with van der Waals surface area (Å²) in [6.07, 6.45) is 5.38. The van der Waals surface area contributed by atoms with Gasteiger partial charge < -0.3 is 9.64 Å². The maximum Gasteiger partial charge on any atom is 0.410 e. The second-order valence-electron chi connectivity index (χ2n) is 3.91. The van der Waals surface area contributed by atoms with Crippen molar-refractivity contribution in [3.05, 3.63) is 12.3 Å². The van der Waals surface area contributed by atoms with Gasteiger partial charge in [0.1, 0.15) is 0 Å². The van der Waals surface area contributed by atoms with E-state index in [4.69, 9.17) is 4.74 Å². The van der Waals surface area contributed by atoms with Crippen molar-refractivity contribution in [1.29, 1.82) is 0 Å². The van der Waals surface area contributed by atoms with Crippen LogP contribution < -0.4 is 0 Å². The van der Waals surface area contributed by atoms with Crippen LogP contribution >= 0.6 is 0 Å². The van der Waals surface area contributed by atoms with Gasteiger partial charge in [0.15, 0.2) is 0 Å². The summed E-state index contributed by atoms with van der Waals surface area (Å²) in [5.74, 6) is 0. The van der Waals surface area contributed by atoms with Crippen molar-refractivity contribution < 1.29 is 9.53 Å². The Morgan fingerprint density at radius 1 is 1.67 bits per heavy atom. The zero-order valence-electron chi connectivity index (χ0n) is 9.56. The molecule has 0 N–H and O–H groups in total. The van der Waals surface area contributed by atoms with Crippen LogP contribution in [-0.4, -0.2) is 36.4 Å². The highest BCUT2D eigenvalue weighted by Crippen LogP contribution is 2.05. The van der Waals surface area contributed by atoms with E-state index in [0.717, 1.165) is 18.6 Å². The molecule has 0 aromatic rings. The lowest BCUT2D eigenvalue weighted by Crippen LogP contribution is -2.34. The Balaban J connectivity index is 2.40. The van der Waals surface area contributed by atoms with Crippen LogP contribution in [0, 0.1) is 0 Å². The summed E-state index contributed by atoms with van der Waals surface area (Å²) in [5, 5.41) is 0. The third kappa shape index (κ3) is 4.14. The summed E-state index contributed by atoms with van der Waals surface area (Å²) in [6.45, 7) is 4.23. The molecule has 0 atom stereocenters. The van der Waals surface area contributed by atoms with Gasteiger partial charge in [0.05, 0.1) is 12.6 Å². The van der Waals surface area contributed by atoms with E-state index >= 15 is 0 Å². The van der Waals surface area contributed by atoms with Gasteiger partial charge in [-0.2, -0.15) is 0 Å². The fraction of sp³-hybridized carbons (Fsp3) is 0.636. The predicted molar refractivity (Wildman–Crippen MR) is 60.1 cm³/mol. The molecule has 1 rings (SSSR count). The first kappa shape index (κ1) is 11.8. The molecule has 0 aromatic carbocycles. The minimum absolute atomic E-state index is 0.0758. The minimum atomic E-state index is -0.290. The van der Waals surface area contributed by atoms with Gasteiger partial charge in [-0.05, 0) is 26.7 Å². The van der Waals surface area contributed by atoms with E-state index in [2.05, 4.69) is 4.99 Å². The molecule has 4 nitrogen and oxygen atoms in total. The zero-order valence-corrected chi connectivity index (χ0v) is 9.56. The van der Waals surface area contributed by atoms with Crippen LogP contribution in [0.3, 0.4) is 0 Å². The number of hydrogen-bond acceptors (Lipinski definition) is 3. The fourth-order valence-corrected chi connectivity index (χ4v) is 1.30. The third-order valence-electron chi connectivity index (χ3n) is 2.03. The molecular weight excluding hydrogens is 192 g/mol. The summed E-state index contributed by atoms with van der Waals surface area (Å²) in [4.78, 5) is 17.2. The summed E-state index contributed by atoms with van der Waals surface area (Å²) in [7, 11) is 1.73. The summed E-state index contributed by atoms with van der Waals surface area (Å²) >= 11 is 0. The molecule has 0 fully saturated rings. The summed E-state index contributed by atoms with van der Waals surface area (Å²) in [6, 6.07) is 0.